The van der Waals surface area contributed by atoms with Crippen LogP contribution in [0.15, 0.2) is 58.3 Å². The second-order valence-corrected chi connectivity index (χ2v) is 9.40. The largest absolute Gasteiger partial charge is 0.497 e. The van der Waals surface area contributed by atoms with Crippen molar-refractivity contribution in [2.45, 2.75) is 29.8 Å². The normalized spacial score (nSPS) is 15.5. The molecule has 3 aromatic rings. The van der Waals surface area contributed by atoms with Gasteiger partial charge in [0.1, 0.15) is 16.2 Å². The average molecular weight is 461 g/mol. The average Bonchev–Trinajstić information content (AvgIpc) is 3.34. The maximum Gasteiger partial charge on any atom is 0.246 e. The highest BCUT2D eigenvalue weighted by Gasteiger charge is 2.54. The number of halogens is 1. The number of benzene rings is 1. The van der Waals surface area contributed by atoms with Crippen molar-refractivity contribution in [2.24, 2.45) is 0 Å². The number of hydrogen-bond donors (Lipinski definition) is 0. The van der Waals surface area contributed by atoms with E-state index in [2.05, 4.69) is 27.0 Å². The summed E-state index contributed by atoms with van der Waals surface area (Å²) in [5.41, 5.74) is 0.408. The molecule has 1 fully saturated rings. The molecule has 0 bridgehead atoms. The van der Waals surface area contributed by atoms with Crippen molar-refractivity contribution in [3.05, 3.63) is 59.0 Å². The minimum absolute atomic E-state index is 0.111. The topological polar surface area (TPSA) is 87.7 Å². The zero-order valence-corrected chi connectivity index (χ0v) is 17.4. The van der Waals surface area contributed by atoms with Crippen molar-refractivity contribution in [1.82, 2.24) is 13.7 Å². The predicted molar refractivity (Wildman–Crippen MR) is 106 cm³/mol. The van der Waals surface area contributed by atoms with E-state index in [0.717, 1.165) is 5.56 Å². The highest BCUT2D eigenvalue weighted by atomic mass is 79.9. The van der Waals surface area contributed by atoms with Gasteiger partial charge < -0.3 is 9.14 Å². The minimum Gasteiger partial charge on any atom is -0.497 e. The predicted octanol–water partition coefficient (Wildman–Crippen LogP) is 3.35. The molecule has 7 nitrogen and oxygen atoms in total. The van der Waals surface area contributed by atoms with Gasteiger partial charge in [-0.15, -0.1) is 0 Å². The highest BCUT2D eigenvalue weighted by molar-refractivity contribution is 9.10. The van der Waals surface area contributed by atoms with Crippen LogP contribution in [0.2, 0.25) is 0 Å². The molecule has 9 heteroatoms. The minimum atomic E-state index is -3.91. The van der Waals surface area contributed by atoms with Crippen LogP contribution in [0.1, 0.15) is 18.4 Å². The fraction of sp³-hybridized carbons (Fsp3) is 0.263. The van der Waals surface area contributed by atoms with Crippen LogP contribution in [0.4, 0.5) is 0 Å². The van der Waals surface area contributed by atoms with Crippen molar-refractivity contribution in [1.29, 1.82) is 5.26 Å². The third kappa shape index (κ3) is 3.17. The van der Waals surface area contributed by atoms with Crippen LogP contribution in [-0.4, -0.2) is 34.8 Å². The lowest BCUT2D eigenvalue weighted by Crippen LogP contribution is -2.40. The van der Waals surface area contributed by atoms with Gasteiger partial charge in [-0.25, -0.2) is 13.4 Å². The van der Waals surface area contributed by atoms with E-state index in [1.165, 1.54) is 16.6 Å². The molecule has 144 valence electrons. The molecule has 0 aliphatic heterocycles. The van der Waals surface area contributed by atoms with Gasteiger partial charge >= 0.3 is 0 Å². The van der Waals surface area contributed by atoms with Crippen molar-refractivity contribution in [2.75, 3.05) is 7.11 Å². The summed E-state index contributed by atoms with van der Waals surface area (Å²) < 4.78 is 35.7. The number of ether oxygens (including phenoxy) is 1. The number of pyridine rings is 1. The molecule has 1 aliphatic carbocycles. The van der Waals surface area contributed by atoms with Crippen molar-refractivity contribution in [3.8, 4) is 11.8 Å². The molecular weight excluding hydrogens is 444 g/mol. The molecule has 1 saturated carbocycles. The van der Waals surface area contributed by atoms with Crippen molar-refractivity contribution < 1.29 is 13.2 Å². The molecule has 0 N–H and O–H groups in total. The maximum atomic E-state index is 13.5. The molecule has 2 aromatic heterocycles. The Labute approximate surface area is 171 Å². The van der Waals surface area contributed by atoms with Gasteiger partial charge in [0.25, 0.3) is 0 Å². The smallest absolute Gasteiger partial charge is 0.246 e. The van der Waals surface area contributed by atoms with Gasteiger partial charge in [-0.05, 0) is 52.5 Å². The van der Waals surface area contributed by atoms with Gasteiger partial charge in [0.05, 0.1) is 17.7 Å². The highest BCUT2D eigenvalue weighted by Crippen LogP contribution is 2.45. The first-order valence-electron chi connectivity index (χ1n) is 8.59. The number of sulfonamides is 1. The summed E-state index contributed by atoms with van der Waals surface area (Å²) in [5.74, 6) is 0.689. The van der Waals surface area contributed by atoms with Gasteiger partial charge in [-0.1, -0.05) is 12.1 Å². The van der Waals surface area contributed by atoms with Crippen LogP contribution in [0.25, 0.3) is 5.65 Å². The standard InChI is InChI=1S/C19H17BrN4O3S/c1-27-15-4-2-14(3-5-15)11-24(19(13-21)6-7-19)28(25,26)16-10-17(20)18-22-8-9-23(18)12-16/h2-5,8-10,12H,6-7,11H2,1H3. The number of fused-ring (bicyclic) bond motifs is 1. The van der Waals surface area contributed by atoms with E-state index in [-0.39, 0.29) is 11.4 Å². The van der Waals surface area contributed by atoms with Crippen LogP contribution in [0.3, 0.4) is 0 Å². The van der Waals surface area contributed by atoms with Crippen LogP contribution < -0.4 is 4.74 Å². The second-order valence-electron chi connectivity index (χ2n) is 6.69. The molecule has 0 atom stereocenters. The summed E-state index contributed by atoms with van der Waals surface area (Å²) >= 11 is 3.39. The van der Waals surface area contributed by atoms with E-state index in [1.54, 1.807) is 36.0 Å². The first kappa shape index (κ1) is 18.9. The first-order chi connectivity index (χ1) is 13.4. The Morgan fingerprint density at radius 3 is 2.68 bits per heavy atom. The lowest BCUT2D eigenvalue weighted by atomic mass is 10.2. The van der Waals surface area contributed by atoms with Crippen molar-refractivity contribution >= 4 is 31.6 Å². The number of hydrogen-bond acceptors (Lipinski definition) is 5. The van der Waals surface area contributed by atoms with Crippen LogP contribution >= 0.6 is 15.9 Å². The molecule has 0 spiro atoms. The van der Waals surface area contributed by atoms with Crippen molar-refractivity contribution in [3.63, 3.8) is 0 Å². The fourth-order valence-corrected chi connectivity index (χ4v) is 5.61. The van der Waals surface area contributed by atoms with E-state index in [9.17, 15) is 13.7 Å². The van der Waals surface area contributed by atoms with Gasteiger partial charge in [0.2, 0.25) is 10.0 Å². The third-order valence-corrected chi connectivity index (χ3v) is 7.36. The number of imidazole rings is 1. The number of aromatic nitrogens is 2. The fourth-order valence-electron chi connectivity index (χ4n) is 3.13. The summed E-state index contributed by atoms with van der Waals surface area (Å²) in [6.07, 6.45) is 5.85. The Kier molecular flexibility index (Phi) is 4.65. The first-order valence-corrected chi connectivity index (χ1v) is 10.8. The molecule has 0 saturated heterocycles. The molecule has 2 heterocycles. The summed E-state index contributed by atoms with van der Waals surface area (Å²) in [4.78, 5) is 4.30. The Hall–Kier alpha value is -2.41. The van der Waals surface area contributed by atoms with Gasteiger partial charge in [-0.2, -0.15) is 9.57 Å². The van der Waals surface area contributed by atoms with E-state index < -0.39 is 15.6 Å². The molecule has 4 rings (SSSR count). The van der Waals surface area contributed by atoms with E-state index in [4.69, 9.17) is 4.74 Å². The van der Waals surface area contributed by atoms with E-state index >= 15 is 0 Å². The molecule has 0 unspecified atom stereocenters. The third-order valence-electron chi connectivity index (χ3n) is 4.90. The summed E-state index contributed by atoms with van der Waals surface area (Å²) in [5, 5.41) is 9.69. The Morgan fingerprint density at radius 2 is 2.07 bits per heavy atom. The number of nitriles is 1. The second kappa shape index (κ2) is 6.88. The Morgan fingerprint density at radius 1 is 1.36 bits per heavy atom. The Bertz CT molecular complexity index is 1180. The lowest BCUT2D eigenvalue weighted by Gasteiger charge is -2.26. The molecule has 0 amide bonds. The maximum absolute atomic E-state index is 13.5. The molecule has 1 aliphatic rings. The van der Waals surface area contributed by atoms with E-state index in [0.29, 0.717) is 28.7 Å². The van der Waals surface area contributed by atoms with Gasteiger partial charge in [0, 0.05) is 25.1 Å². The van der Waals surface area contributed by atoms with E-state index in [1.807, 2.05) is 12.1 Å². The van der Waals surface area contributed by atoms with Crippen LogP contribution in [0.5, 0.6) is 5.75 Å². The lowest BCUT2D eigenvalue weighted by molar-refractivity contribution is 0.345. The summed E-state index contributed by atoms with van der Waals surface area (Å²) in [7, 11) is -2.34. The zero-order chi connectivity index (χ0) is 19.9. The number of nitrogens with zero attached hydrogens (tertiary/aromatic N) is 4. The molecular formula is C19H17BrN4O3S. The Balaban J connectivity index is 1.77. The molecule has 1 aromatic carbocycles. The molecule has 0 radical (unpaired) electrons. The quantitative estimate of drug-likeness (QED) is 0.562. The monoisotopic (exact) mass is 460 g/mol. The van der Waals surface area contributed by atoms with Gasteiger partial charge in [0.15, 0.2) is 5.65 Å². The summed E-state index contributed by atoms with van der Waals surface area (Å²) in [6.45, 7) is 0.111. The van der Waals surface area contributed by atoms with Crippen LogP contribution in [-0.2, 0) is 16.6 Å². The van der Waals surface area contributed by atoms with Crippen LogP contribution in [0, 0.1) is 11.3 Å². The summed E-state index contributed by atoms with van der Waals surface area (Å²) in [6, 6.07) is 10.9. The number of methoxy groups -OCH3 is 1. The zero-order valence-electron chi connectivity index (χ0n) is 15.0. The SMILES string of the molecule is COc1ccc(CN(C2(C#N)CC2)S(=O)(=O)c2cc(Br)c3nccn3c2)cc1. The number of rotatable bonds is 6. The molecule has 28 heavy (non-hydrogen) atoms. The van der Waals surface area contributed by atoms with Gasteiger partial charge in [-0.3, -0.25) is 0 Å².